The average Bonchev–Trinajstić information content (AvgIpc) is 2.72. The van der Waals surface area contributed by atoms with Gasteiger partial charge in [-0.15, -0.1) is 0 Å². The molecule has 0 radical (unpaired) electrons. The lowest BCUT2D eigenvalue weighted by Crippen LogP contribution is -2.20. The number of esters is 1. The number of carbonyl (C=O) groups is 2. The first-order valence-corrected chi connectivity index (χ1v) is 9.38. The minimum absolute atomic E-state index is 0.395. The fraction of sp³-hybridized carbons (Fsp3) is 0.238. The molecule has 2 aromatic rings. The van der Waals surface area contributed by atoms with Crippen LogP contribution in [0.1, 0.15) is 11.1 Å². The average molecular weight is 464 g/mol. The molecule has 8 heteroatoms. The van der Waals surface area contributed by atoms with E-state index < -0.39 is 18.5 Å². The van der Waals surface area contributed by atoms with Gasteiger partial charge in [-0.2, -0.15) is 0 Å². The quantitative estimate of drug-likeness (QED) is 0.470. The van der Waals surface area contributed by atoms with Crippen molar-refractivity contribution < 1.29 is 28.5 Å². The predicted molar refractivity (Wildman–Crippen MR) is 114 cm³/mol. The predicted octanol–water partition coefficient (Wildman–Crippen LogP) is 3.98. The number of rotatable bonds is 8. The first-order valence-electron chi connectivity index (χ1n) is 8.58. The monoisotopic (exact) mass is 463 g/mol. The molecule has 0 aliphatic rings. The van der Waals surface area contributed by atoms with Crippen LogP contribution >= 0.6 is 15.9 Å². The summed E-state index contributed by atoms with van der Waals surface area (Å²) in [5.74, 6) is 0.296. The van der Waals surface area contributed by atoms with Crippen LogP contribution < -0.4 is 19.5 Å². The minimum Gasteiger partial charge on any atom is -0.493 e. The van der Waals surface area contributed by atoms with Gasteiger partial charge in [0.15, 0.2) is 18.1 Å². The fourth-order valence-corrected chi connectivity index (χ4v) is 2.71. The molecule has 0 spiro atoms. The highest BCUT2D eigenvalue weighted by Crippen LogP contribution is 2.38. The molecule has 0 unspecified atom stereocenters. The normalized spacial score (nSPS) is 10.5. The third kappa shape index (κ3) is 6.25. The summed E-state index contributed by atoms with van der Waals surface area (Å²) in [6.45, 7) is 1.52. The lowest BCUT2D eigenvalue weighted by atomic mass is 10.1. The van der Waals surface area contributed by atoms with Crippen molar-refractivity contribution in [1.82, 2.24) is 0 Å². The van der Waals surface area contributed by atoms with Crippen molar-refractivity contribution in [3.05, 3.63) is 52.0 Å². The molecule has 7 nitrogen and oxygen atoms in total. The second-order valence-corrected chi connectivity index (χ2v) is 6.77. The molecule has 0 heterocycles. The van der Waals surface area contributed by atoms with Crippen LogP contribution in [0.25, 0.3) is 6.08 Å². The van der Waals surface area contributed by atoms with E-state index in [4.69, 9.17) is 18.9 Å². The van der Waals surface area contributed by atoms with Gasteiger partial charge >= 0.3 is 5.97 Å². The molecule has 0 fully saturated rings. The van der Waals surface area contributed by atoms with Crippen LogP contribution in [0.4, 0.5) is 5.69 Å². The van der Waals surface area contributed by atoms with E-state index >= 15 is 0 Å². The zero-order valence-electron chi connectivity index (χ0n) is 16.6. The molecule has 0 aliphatic carbocycles. The van der Waals surface area contributed by atoms with Gasteiger partial charge in [-0.3, -0.25) is 4.79 Å². The maximum Gasteiger partial charge on any atom is 0.331 e. The zero-order valence-corrected chi connectivity index (χ0v) is 18.2. The summed E-state index contributed by atoms with van der Waals surface area (Å²) in [4.78, 5) is 23.9. The van der Waals surface area contributed by atoms with Gasteiger partial charge in [0.25, 0.3) is 5.91 Å². The summed E-state index contributed by atoms with van der Waals surface area (Å²) in [5, 5.41) is 2.67. The number of anilines is 1. The van der Waals surface area contributed by atoms with E-state index in [1.165, 1.54) is 33.5 Å². The number of aryl methyl sites for hydroxylation is 1. The topological polar surface area (TPSA) is 83.1 Å². The number of ether oxygens (including phenoxy) is 4. The van der Waals surface area contributed by atoms with Crippen LogP contribution in [0.5, 0.6) is 17.2 Å². The van der Waals surface area contributed by atoms with Crippen molar-refractivity contribution in [2.24, 2.45) is 0 Å². The van der Waals surface area contributed by atoms with E-state index in [9.17, 15) is 9.59 Å². The van der Waals surface area contributed by atoms with Gasteiger partial charge in [-0.05, 0) is 54.5 Å². The number of nitrogens with one attached hydrogen (secondary N) is 1. The third-order valence-corrected chi connectivity index (χ3v) is 4.78. The molecular formula is C21H22BrNO6. The van der Waals surface area contributed by atoms with Crippen molar-refractivity contribution in [1.29, 1.82) is 0 Å². The third-order valence-electron chi connectivity index (χ3n) is 3.89. The van der Waals surface area contributed by atoms with Crippen molar-refractivity contribution in [3.63, 3.8) is 0 Å². The van der Waals surface area contributed by atoms with E-state index in [0.717, 1.165) is 10.0 Å². The highest BCUT2D eigenvalue weighted by Gasteiger charge is 2.12. The number of methoxy groups -OCH3 is 3. The van der Waals surface area contributed by atoms with Crippen molar-refractivity contribution in [2.45, 2.75) is 6.92 Å². The standard InChI is InChI=1S/C21H22BrNO6/c1-13-9-15(6-7-16(13)22)23-19(24)12-29-20(25)8-5-14-10-17(26-2)21(28-4)18(11-14)27-3/h5-11H,12H2,1-4H3,(H,23,24)/b8-5+. The van der Waals surface area contributed by atoms with Crippen molar-refractivity contribution >= 4 is 39.6 Å². The summed E-state index contributed by atoms with van der Waals surface area (Å²) in [5.41, 5.74) is 2.25. The summed E-state index contributed by atoms with van der Waals surface area (Å²) in [7, 11) is 4.52. The van der Waals surface area contributed by atoms with Gasteiger partial charge in [-0.1, -0.05) is 15.9 Å². The van der Waals surface area contributed by atoms with Crippen molar-refractivity contribution in [3.8, 4) is 17.2 Å². The molecule has 154 valence electrons. The molecule has 0 aliphatic heterocycles. The molecule has 0 bridgehead atoms. The Hall–Kier alpha value is -3.00. The Morgan fingerprint density at radius 2 is 1.69 bits per heavy atom. The first kappa shape index (κ1) is 22.3. The maximum absolute atomic E-state index is 12.0. The molecular weight excluding hydrogens is 442 g/mol. The van der Waals surface area contributed by atoms with Crippen LogP contribution in [0.15, 0.2) is 40.9 Å². The van der Waals surface area contributed by atoms with Crippen LogP contribution in [0, 0.1) is 6.92 Å². The molecule has 0 aromatic heterocycles. The van der Waals surface area contributed by atoms with Gasteiger partial charge in [0.2, 0.25) is 5.75 Å². The lowest BCUT2D eigenvalue weighted by Gasteiger charge is -2.12. The fourth-order valence-electron chi connectivity index (χ4n) is 2.47. The molecule has 2 rings (SSSR count). The van der Waals surface area contributed by atoms with Gasteiger partial charge < -0.3 is 24.3 Å². The highest BCUT2D eigenvalue weighted by atomic mass is 79.9. The number of hydrogen-bond donors (Lipinski definition) is 1. The van der Waals surface area contributed by atoms with E-state index in [2.05, 4.69) is 21.2 Å². The minimum atomic E-state index is -0.652. The molecule has 29 heavy (non-hydrogen) atoms. The molecule has 0 atom stereocenters. The second-order valence-electron chi connectivity index (χ2n) is 5.91. The Kier molecular flexibility index (Phi) is 8.09. The van der Waals surface area contributed by atoms with E-state index in [1.807, 2.05) is 19.1 Å². The number of hydrogen-bond acceptors (Lipinski definition) is 6. The summed E-state index contributed by atoms with van der Waals surface area (Å²) in [6.07, 6.45) is 2.75. The van der Waals surface area contributed by atoms with Crippen molar-refractivity contribution in [2.75, 3.05) is 33.3 Å². The summed E-state index contributed by atoms with van der Waals surface area (Å²) < 4.78 is 21.7. The largest absolute Gasteiger partial charge is 0.493 e. The van der Waals surface area contributed by atoms with Crippen LogP contribution in [0.2, 0.25) is 0 Å². The van der Waals surface area contributed by atoms with Gasteiger partial charge in [0, 0.05) is 16.2 Å². The number of amides is 1. The van der Waals surface area contributed by atoms with Gasteiger partial charge in [-0.25, -0.2) is 4.79 Å². The van der Waals surface area contributed by atoms with Crippen LogP contribution in [-0.4, -0.2) is 39.8 Å². The molecule has 2 aromatic carbocycles. The maximum atomic E-state index is 12.0. The second kappa shape index (κ2) is 10.5. The summed E-state index contributed by atoms with van der Waals surface area (Å²) in [6, 6.07) is 8.77. The Morgan fingerprint density at radius 3 is 2.24 bits per heavy atom. The number of carbonyl (C=O) groups excluding carboxylic acids is 2. The number of halogens is 1. The molecule has 1 N–H and O–H groups in total. The zero-order chi connectivity index (χ0) is 21.4. The first-order chi connectivity index (χ1) is 13.9. The Labute approximate surface area is 177 Å². The van der Waals surface area contributed by atoms with Crippen LogP contribution in [-0.2, 0) is 14.3 Å². The Balaban J connectivity index is 1.95. The smallest absolute Gasteiger partial charge is 0.331 e. The van der Waals surface area contributed by atoms with Crippen LogP contribution in [0.3, 0.4) is 0 Å². The SMILES string of the molecule is COc1cc(/C=C/C(=O)OCC(=O)Nc2ccc(Br)c(C)c2)cc(OC)c1OC. The van der Waals surface area contributed by atoms with Gasteiger partial charge in [0.1, 0.15) is 0 Å². The molecule has 1 amide bonds. The van der Waals surface area contributed by atoms with E-state index in [1.54, 1.807) is 18.2 Å². The van der Waals surface area contributed by atoms with Gasteiger partial charge in [0.05, 0.1) is 21.3 Å². The molecule has 0 saturated heterocycles. The Morgan fingerprint density at radius 1 is 1.03 bits per heavy atom. The summed E-state index contributed by atoms with van der Waals surface area (Å²) >= 11 is 3.40. The van der Waals surface area contributed by atoms with E-state index in [0.29, 0.717) is 28.5 Å². The molecule has 0 saturated carbocycles. The lowest BCUT2D eigenvalue weighted by molar-refractivity contribution is -0.142. The van der Waals surface area contributed by atoms with E-state index in [-0.39, 0.29) is 0 Å². The Bertz CT molecular complexity index is 900. The number of benzene rings is 2. The highest BCUT2D eigenvalue weighted by molar-refractivity contribution is 9.10.